The number of rotatable bonds is 5. The number of aromatic nitrogens is 2. The molecule has 1 fully saturated rings. The van der Waals surface area contributed by atoms with Gasteiger partial charge in [0.05, 0.1) is 11.0 Å². The summed E-state index contributed by atoms with van der Waals surface area (Å²) in [5, 5.41) is 0.762. The lowest BCUT2D eigenvalue weighted by molar-refractivity contribution is 0.198. The molecule has 3 aromatic rings. The Bertz CT molecular complexity index is 869. The molecule has 1 atom stereocenters. The number of para-hydroxylation sites is 2. The van der Waals surface area contributed by atoms with Crippen LogP contribution in [0.5, 0.6) is 0 Å². The molecule has 1 aliphatic rings. The molecule has 3 nitrogen and oxygen atoms in total. The van der Waals surface area contributed by atoms with Crippen LogP contribution >= 0.6 is 11.6 Å². The lowest BCUT2D eigenvalue weighted by Crippen LogP contribution is -2.32. The first-order valence-corrected chi connectivity index (χ1v) is 9.98. The maximum absolute atomic E-state index is 6.07. The Labute approximate surface area is 160 Å². The Kier molecular flexibility index (Phi) is 5.28. The zero-order chi connectivity index (χ0) is 17.9. The van der Waals surface area contributed by atoms with E-state index in [9.17, 15) is 0 Å². The molecular formula is C22H26ClN3. The number of aryl methyl sites for hydroxylation is 1. The smallest absolute Gasteiger partial charge is 0.141 e. The molecule has 0 amide bonds. The minimum Gasteiger partial charge on any atom is -0.324 e. The van der Waals surface area contributed by atoms with E-state index in [2.05, 4.69) is 52.9 Å². The van der Waals surface area contributed by atoms with E-state index in [1.54, 1.807) is 0 Å². The highest BCUT2D eigenvalue weighted by Crippen LogP contribution is 2.27. The number of imidazole rings is 1. The topological polar surface area (TPSA) is 21.1 Å². The first-order valence-electron chi connectivity index (χ1n) is 9.60. The second kappa shape index (κ2) is 7.81. The normalized spacial score (nSPS) is 18.5. The third kappa shape index (κ3) is 3.79. The molecule has 1 saturated heterocycles. The Hall–Kier alpha value is -1.84. The third-order valence-electron chi connectivity index (χ3n) is 5.47. The molecule has 0 N–H and O–H groups in total. The quantitative estimate of drug-likeness (QED) is 0.595. The molecule has 1 aromatic heterocycles. The number of nitrogens with zero attached hydrogens (tertiary/aromatic N) is 3. The Morgan fingerprint density at radius 3 is 2.73 bits per heavy atom. The van der Waals surface area contributed by atoms with E-state index in [1.807, 2.05) is 12.1 Å². The van der Waals surface area contributed by atoms with Gasteiger partial charge >= 0.3 is 0 Å². The molecule has 0 spiro atoms. The minimum absolute atomic E-state index is 0.762. The summed E-state index contributed by atoms with van der Waals surface area (Å²) in [4.78, 5) is 7.37. The molecule has 0 radical (unpaired) electrons. The summed E-state index contributed by atoms with van der Waals surface area (Å²) in [7, 11) is 2.24. The van der Waals surface area contributed by atoms with E-state index < -0.39 is 0 Å². The molecule has 2 heterocycles. The van der Waals surface area contributed by atoms with Crippen LogP contribution in [0.4, 0.5) is 0 Å². The standard InChI is InChI=1S/C22H26ClN3/c1-25-14-4-6-17(16-25)7-5-15-26-21-9-3-2-8-20(21)24-22(26)18-10-12-19(23)13-11-18/h2-3,8-13,17H,4-7,14-16H2,1H3. The average molecular weight is 368 g/mol. The SMILES string of the molecule is CN1CCCC(CCCn2c(-c3ccc(Cl)cc3)nc3ccccc32)C1. The minimum atomic E-state index is 0.762. The zero-order valence-electron chi connectivity index (χ0n) is 15.4. The third-order valence-corrected chi connectivity index (χ3v) is 5.73. The summed E-state index contributed by atoms with van der Waals surface area (Å²) in [6.07, 6.45) is 5.20. The summed E-state index contributed by atoms with van der Waals surface area (Å²) in [6.45, 7) is 3.51. The fraction of sp³-hybridized carbons (Fsp3) is 0.409. The van der Waals surface area contributed by atoms with Crippen molar-refractivity contribution >= 4 is 22.6 Å². The van der Waals surface area contributed by atoms with Crippen molar-refractivity contribution in [2.45, 2.75) is 32.2 Å². The van der Waals surface area contributed by atoms with Crippen LogP contribution in [0.25, 0.3) is 22.4 Å². The van der Waals surface area contributed by atoms with Crippen LogP contribution in [0.15, 0.2) is 48.5 Å². The van der Waals surface area contributed by atoms with E-state index in [0.717, 1.165) is 34.4 Å². The molecule has 26 heavy (non-hydrogen) atoms. The molecule has 1 aliphatic heterocycles. The van der Waals surface area contributed by atoms with Gasteiger partial charge in [0, 0.05) is 23.7 Å². The molecule has 136 valence electrons. The van der Waals surface area contributed by atoms with Crippen molar-refractivity contribution in [1.29, 1.82) is 0 Å². The van der Waals surface area contributed by atoms with Crippen molar-refractivity contribution in [3.63, 3.8) is 0 Å². The van der Waals surface area contributed by atoms with Gasteiger partial charge in [-0.3, -0.25) is 0 Å². The van der Waals surface area contributed by atoms with Gasteiger partial charge in [0.1, 0.15) is 5.82 Å². The Morgan fingerprint density at radius 1 is 1.12 bits per heavy atom. The molecule has 4 heteroatoms. The van der Waals surface area contributed by atoms with Gasteiger partial charge in [0.25, 0.3) is 0 Å². The highest BCUT2D eigenvalue weighted by molar-refractivity contribution is 6.30. The van der Waals surface area contributed by atoms with Gasteiger partial charge in [-0.1, -0.05) is 23.7 Å². The number of hydrogen-bond acceptors (Lipinski definition) is 2. The molecular weight excluding hydrogens is 342 g/mol. The number of hydrogen-bond donors (Lipinski definition) is 0. The number of halogens is 1. The van der Waals surface area contributed by atoms with Crippen LogP contribution in [0, 0.1) is 5.92 Å². The van der Waals surface area contributed by atoms with Crippen molar-refractivity contribution in [3.05, 3.63) is 53.6 Å². The second-order valence-electron chi connectivity index (χ2n) is 7.50. The van der Waals surface area contributed by atoms with Crippen LogP contribution in [0.2, 0.25) is 5.02 Å². The second-order valence-corrected chi connectivity index (χ2v) is 7.93. The lowest BCUT2D eigenvalue weighted by atomic mass is 9.94. The van der Waals surface area contributed by atoms with Crippen molar-refractivity contribution < 1.29 is 0 Å². The van der Waals surface area contributed by atoms with Gasteiger partial charge in [0.15, 0.2) is 0 Å². The van der Waals surface area contributed by atoms with Gasteiger partial charge < -0.3 is 9.47 Å². The van der Waals surface area contributed by atoms with Crippen LogP contribution in [-0.4, -0.2) is 34.6 Å². The summed E-state index contributed by atoms with van der Waals surface area (Å²) >= 11 is 6.07. The fourth-order valence-corrected chi connectivity index (χ4v) is 4.29. The van der Waals surface area contributed by atoms with Crippen molar-refractivity contribution in [2.75, 3.05) is 20.1 Å². The summed E-state index contributed by atoms with van der Waals surface area (Å²) in [5.41, 5.74) is 3.41. The van der Waals surface area contributed by atoms with Crippen molar-refractivity contribution in [1.82, 2.24) is 14.5 Å². The van der Waals surface area contributed by atoms with E-state index in [4.69, 9.17) is 16.6 Å². The molecule has 4 rings (SSSR count). The number of fused-ring (bicyclic) bond motifs is 1. The first-order chi connectivity index (χ1) is 12.7. The summed E-state index contributed by atoms with van der Waals surface area (Å²) in [6, 6.07) is 16.5. The van der Waals surface area contributed by atoms with E-state index >= 15 is 0 Å². The van der Waals surface area contributed by atoms with Crippen LogP contribution in [0.1, 0.15) is 25.7 Å². The van der Waals surface area contributed by atoms with Crippen molar-refractivity contribution in [2.24, 2.45) is 5.92 Å². The maximum Gasteiger partial charge on any atom is 0.141 e. The molecule has 0 aliphatic carbocycles. The van der Waals surface area contributed by atoms with E-state index in [0.29, 0.717) is 0 Å². The zero-order valence-corrected chi connectivity index (χ0v) is 16.1. The Morgan fingerprint density at radius 2 is 1.92 bits per heavy atom. The number of piperidine rings is 1. The highest BCUT2D eigenvalue weighted by atomic mass is 35.5. The lowest BCUT2D eigenvalue weighted by Gasteiger charge is -2.29. The predicted octanol–water partition coefficient (Wildman–Crippen LogP) is 5.48. The number of benzene rings is 2. The van der Waals surface area contributed by atoms with Gasteiger partial charge in [0.2, 0.25) is 0 Å². The monoisotopic (exact) mass is 367 g/mol. The predicted molar refractivity (Wildman–Crippen MR) is 110 cm³/mol. The molecule has 2 aromatic carbocycles. The largest absolute Gasteiger partial charge is 0.324 e. The van der Waals surface area contributed by atoms with Gasteiger partial charge in [-0.15, -0.1) is 0 Å². The first kappa shape index (κ1) is 17.6. The van der Waals surface area contributed by atoms with E-state index in [-0.39, 0.29) is 0 Å². The molecule has 0 bridgehead atoms. The Balaban J connectivity index is 1.56. The molecule has 1 unspecified atom stereocenters. The van der Waals surface area contributed by atoms with Crippen LogP contribution < -0.4 is 0 Å². The average Bonchev–Trinajstić information content (AvgIpc) is 3.01. The summed E-state index contributed by atoms with van der Waals surface area (Å²) in [5.74, 6) is 1.88. The summed E-state index contributed by atoms with van der Waals surface area (Å²) < 4.78 is 2.38. The van der Waals surface area contributed by atoms with E-state index in [1.165, 1.54) is 44.3 Å². The van der Waals surface area contributed by atoms with Gasteiger partial charge in [-0.2, -0.15) is 0 Å². The highest BCUT2D eigenvalue weighted by Gasteiger charge is 2.17. The van der Waals surface area contributed by atoms with Gasteiger partial charge in [-0.25, -0.2) is 4.98 Å². The van der Waals surface area contributed by atoms with Gasteiger partial charge in [-0.05, 0) is 81.6 Å². The maximum atomic E-state index is 6.07. The molecule has 0 saturated carbocycles. The van der Waals surface area contributed by atoms with Crippen LogP contribution in [0.3, 0.4) is 0 Å². The van der Waals surface area contributed by atoms with Crippen molar-refractivity contribution in [3.8, 4) is 11.4 Å². The number of likely N-dealkylation sites (tertiary alicyclic amines) is 1. The fourth-order valence-electron chi connectivity index (χ4n) is 4.17. The van der Waals surface area contributed by atoms with Crippen LogP contribution in [-0.2, 0) is 6.54 Å².